The van der Waals surface area contributed by atoms with Gasteiger partial charge in [-0.2, -0.15) is 0 Å². The number of hydrogen-bond donors (Lipinski definition) is 21. The number of aliphatic hydroxyl groups excluding tert-OH is 19. The van der Waals surface area contributed by atoms with E-state index < -0.39 is 248 Å². The molecule has 0 aromatic heterocycles. The van der Waals surface area contributed by atoms with Gasteiger partial charge in [-0.15, -0.1) is 0 Å². The third kappa shape index (κ3) is 11.3. The Balaban J connectivity index is 1.06. The number of rotatable bonds is 5. The normalized spacial score (nSPS) is 56.5. The Bertz CT molecular complexity index is 1820. The van der Waals surface area contributed by atoms with E-state index >= 15 is 0 Å². The minimum absolute atomic E-state index is 1.05. The Morgan fingerprint density at radius 2 is 0.493 bits per heavy atom. The average Bonchev–Trinajstić information content (AvgIpc) is 3.39. The Labute approximate surface area is 421 Å². The van der Waals surface area contributed by atoms with Crippen LogP contribution < -0.4 is 0 Å². The summed E-state index contributed by atoms with van der Waals surface area (Å²) in [5.74, 6) is -6.16. The summed E-state index contributed by atoms with van der Waals surface area (Å²) in [6.45, 7) is -7.70. The smallest absolute Gasteiger partial charge is 0.221 e. The van der Waals surface area contributed by atoms with Gasteiger partial charge >= 0.3 is 0 Å². The Morgan fingerprint density at radius 1 is 0.267 bits per heavy atom. The lowest BCUT2D eigenvalue weighted by atomic mass is 9.95. The molecule has 21 aliphatic rings. The van der Waals surface area contributed by atoms with Crippen LogP contribution in [0, 0.1) is 0 Å². The molecule has 21 rings (SSSR count). The quantitative estimate of drug-likeness (QED) is 0.122. The third-order valence-electron chi connectivity index (χ3n) is 14.2. The summed E-state index contributed by atoms with van der Waals surface area (Å²) in [5.41, 5.74) is 0. The molecule has 75 heavy (non-hydrogen) atoms. The van der Waals surface area contributed by atoms with Gasteiger partial charge in [0.05, 0.1) is 33.0 Å². The summed E-state index contributed by atoms with van der Waals surface area (Å²) in [6.07, 6.45) is -64.8. The second-order valence-electron chi connectivity index (χ2n) is 19.2. The summed E-state index contributed by atoms with van der Waals surface area (Å²) >= 11 is 0. The highest BCUT2D eigenvalue weighted by molar-refractivity contribution is 5.01. The molecule has 0 radical (unpaired) electrons. The van der Waals surface area contributed by atoms with Crippen molar-refractivity contribution in [3.05, 3.63) is 0 Å². The SMILES string of the molecule is OCC1O[C@@H]2O[C@@H]3C(CO)O[C@H](O[C@@H]4C(CO)O[C@H](O[C@]5(O)CO[C@H](O[C@]6(O)CO[C@H](O[C@@H]7C(CO)O[C@H](O[C@@H]8C(CO)O[C@H](O[C@H]1C(O)C2O)C(O)C8O)C(O)C7O)C(O)C6O)C(O)C5O)C(O)C4O)C(O)C3O. The first-order chi connectivity index (χ1) is 35.4. The fraction of sp³-hybridized carbons (Fsp3) is 1.00. The van der Waals surface area contributed by atoms with E-state index in [1.54, 1.807) is 0 Å². The molecule has 0 aliphatic carbocycles. The molecule has 14 bridgehead atoms. The molecule has 19 unspecified atom stereocenters. The zero-order valence-electron chi connectivity index (χ0n) is 39.0. The number of ether oxygens (including phenoxy) is 14. The van der Waals surface area contributed by atoms with Crippen LogP contribution in [0.4, 0.5) is 0 Å². The summed E-state index contributed by atoms with van der Waals surface area (Å²) < 4.78 is 77.6. The third-order valence-corrected chi connectivity index (χ3v) is 14.2. The first-order valence-electron chi connectivity index (χ1n) is 23.6. The second-order valence-corrected chi connectivity index (χ2v) is 19.2. The molecule has 21 heterocycles. The topological polar surface area (TPSA) is 554 Å². The van der Waals surface area contributed by atoms with E-state index in [2.05, 4.69) is 0 Å². The van der Waals surface area contributed by atoms with Crippen LogP contribution in [0.1, 0.15) is 0 Å². The molecule has 21 N–H and O–H groups in total. The Kier molecular flexibility index (Phi) is 19.1. The van der Waals surface area contributed by atoms with Crippen molar-refractivity contribution >= 4 is 0 Å². The van der Waals surface area contributed by atoms with Gasteiger partial charge in [0.15, 0.2) is 44.0 Å². The summed E-state index contributed by atoms with van der Waals surface area (Å²) in [7, 11) is 0. The second kappa shape index (κ2) is 24.0. The van der Waals surface area contributed by atoms with E-state index in [0.29, 0.717) is 0 Å². The zero-order valence-corrected chi connectivity index (χ0v) is 39.0. The van der Waals surface area contributed by atoms with Crippen LogP contribution >= 0.6 is 0 Å². The van der Waals surface area contributed by atoms with Gasteiger partial charge in [-0.25, -0.2) is 0 Å². The average molecular weight is 1110 g/mol. The van der Waals surface area contributed by atoms with E-state index in [-0.39, 0.29) is 0 Å². The molecule has 436 valence electrons. The van der Waals surface area contributed by atoms with Crippen LogP contribution in [0.15, 0.2) is 0 Å². The molecular weight excluding hydrogens is 1040 g/mol. The first kappa shape index (κ1) is 59.7. The minimum atomic E-state index is -3.10. The largest absolute Gasteiger partial charge is 0.394 e. The molecule has 35 nitrogen and oxygen atoms in total. The van der Waals surface area contributed by atoms with Crippen LogP contribution in [-0.4, -0.2) is 356 Å². The van der Waals surface area contributed by atoms with E-state index in [9.17, 15) is 107 Å². The van der Waals surface area contributed by atoms with Crippen molar-refractivity contribution in [2.24, 2.45) is 0 Å². The molecule has 35 heteroatoms. The van der Waals surface area contributed by atoms with Gasteiger partial charge in [0.1, 0.15) is 160 Å². The lowest BCUT2D eigenvalue weighted by molar-refractivity contribution is -0.452. The molecule has 21 saturated heterocycles. The van der Waals surface area contributed by atoms with Crippen LogP contribution in [0.25, 0.3) is 0 Å². The highest BCUT2D eigenvalue weighted by Gasteiger charge is 2.61. The monoisotopic (exact) mass is 1110 g/mol. The van der Waals surface area contributed by atoms with Crippen molar-refractivity contribution in [3.8, 4) is 0 Å². The predicted molar refractivity (Wildman–Crippen MR) is 219 cm³/mol. The van der Waals surface area contributed by atoms with Crippen molar-refractivity contribution in [2.75, 3.05) is 46.2 Å². The van der Waals surface area contributed by atoms with Crippen LogP contribution in [0.2, 0.25) is 0 Å². The molecule has 0 saturated carbocycles. The lowest BCUT2D eigenvalue weighted by Gasteiger charge is -2.50. The summed E-state index contributed by atoms with van der Waals surface area (Å²) in [6, 6.07) is 0. The Morgan fingerprint density at radius 3 is 0.787 bits per heavy atom. The minimum Gasteiger partial charge on any atom is -0.394 e. The van der Waals surface area contributed by atoms with Crippen molar-refractivity contribution in [1.82, 2.24) is 0 Å². The fourth-order valence-corrected chi connectivity index (χ4v) is 9.86. The number of hydrogen-bond acceptors (Lipinski definition) is 35. The fourth-order valence-electron chi connectivity index (χ4n) is 9.86. The molecule has 0 aromatic carbocycles. The van der Waals surface area contributed by atoms with E-state index in [4.69, 9.17) is 66.3 Å². The van der Waals surface area contributed by atoms with Crippen LogP contribution in [0.3, 0.4) is 0 Å². The summed E-state index contributed by atoms with van der Waals surface area (Å²) in [5, 5.41) is 230. The van der Waals surface area contributed by atoms with Gasteiger partial charge in [0.2, 0.25) is 11.6 Å². The standard InChI is InChI=1S/C40H66O35/c41-1-8-25-13(46)18(51)34(64-8)70-26-9(2-42)65-35(19(52)14(26)47)71-27-10(3-43)66-36(20(53)15(27)48)72-28-11(4-44)67-37(21(54)16(28)49)73-29-12(5-45)68-38(22(55)17(29)50)75-40(61)7-63-33(24(57)31(40)59)74-39(60)6-62-32(69-25)23(56)30(39)58/h8-38,41-61H,1-7H2/t8?,9?,10?,11?,12?,13?,14?,15?,16?,17?,18?,19?,20?,21?,22?,23?,24?,25-,26-,27-,28-,29-,30?,31?,32-,33-,34-,35-,36-,37-,38-,39-,40-/m1/s1. The van der Waals surface area contributed by atoms with Gasteiger partial charge in [-0.3, -0.25) is 0 Å². The van der Waals surface area contributed by atoms with E-state index in [1.807, 2.05) is 0 Å². The molecule has 33 atom stereocenters. The predicted octanol–water partition coefficient (Wildman–Crippen LogP) is -15.3. The van der Waals surface area contributed by atoms with Gasteiger partial charge in [0, 0.05) is 0 Å². The lowest BCUT2D eigenvalue weighted by Crippen LogP contribution is -2.70. The molecule has 21 fully saturated rings. The first-order valence-corrected chi connectivity index (χ1v) is 23.6. The van der Waals surface area contributed by atoms with Crippen molar-refractivity contribution < 1.29 is 174 Å². The highest BCUT2D eigenvalue weighted by atomic mass is 16.8. The van der Waals surface area contributed by atoms with Gasteiger partial charge in [0.25, 0.3) is 0 Å². The highest BCUT2D eigenvalue weighted by Crippen LogP contribution is 2.39. The maximum Gasteiger partial charge on any atom is 0.221 e. The van der Waals surface area contributed by atoms with E-state index in [0.717, 1.165) is 0 Å². The molecule has 0 spiro atoms. The van der Waals surface area contributed by atoms with E-state index in [1.165, 1.54) is 0 Å². The molecular formula is C40H66O35. The van der Waals surface area contributed by atoms with Crippen LogP contribution in [-0.2, 0) is 66.3 Å². The molecule has 0 aromatic rings. The van der Waals surface area contributed by atoms with Gasteiger partial charge in [-0.1, -0.05) is 0 Å². The van der Waals surface area contributed by atoms with Crippen LogP contribution in [0.5, 0.6) is 0 Å². The molecule has 21 aliphatic heterocycles. The van der Waals surface area contributed by atoms with Crippen molar-refractivity contribution in [1.29, 1.82) is 0 Å². The van der Waals surface area contributed by atoms with Gasteiger partial charge in [-0.05, 0) is 0 Å². The summed E-state index contributed by atoms with van der Waals surface area (Å²) in [4.78, 5) is 0. The maximum absolute atomic E-state index is 11.3. The van der Waals surface area contributed by atoms with Crippen molar-refractivity contribution in [3.63, 3.8) is 0 Å². The van der Waals surface area contributed by atoms with Crippen molar-refractivity contribution in [2.45, 2.75) is 202 Å². The number of aliphatic hydroxyl groups is 21. The Hall–Kier alpha value is -1.40. The maximum atomic E-state index is 11.3. The van der Waals surface area contributed by atoms with Gasteiger partial charge < -0.3 is 174 Å². The zero-order chi connectivity index (χ0) is 54.7. The molecule has 0 amide bonds.